The molecule has 0 saturated heterocycles. The molecule has 0 aromatic carbocycles. The third-order valence-electron chi connectivity index (χ3n) is 2.70. The molecule has 0 bridgehead atoms. The molecule has 0 saturated carbocycles. The van der Waals surface area contributed by atoms with Crippen LogP contribution in [-0.2, 0) is 4.79 Å². The summed E-state index contributed by atoms with van der Waals surface area (Å²) < 4.78 is 0. The first-order valence-corrected chi connectivity index (χ1v) is 5.43. The lowest BCUT2D eigenvalue weighted by Crippen LogP contribution is -2.25. The molecular weight excluding hydrogens is 186 g/mol. The minimum Gasteiger partial charge on any atom is -0.272 e. The van der Waals surface area contributed by atoms with E-state index in [9.17, 15) is 4.79 Å². The van der Waals surface area contributed by atoms with Crippen molar-refractivity contribution in [3.05, 3.63) is 11.1 Å². The molecule has 2 nitrogen and oxygen atoms in total. The molecule has 2 heteroatoms. The normalized spacial score (nSPS) is 18.7. The van der Waals surface area contributed by atoms with Crippen LogP contribution in [0.25, 0.3) is 0 Å². The van der Waals surface area contributed by atoms with Crippen LogP contribution in [0.2, 0.25) is 0 Å². The van der Waals surface area contributed by atoms with Crippen LogP contribution in [0.15, 0.2) is 16.1 Å². The summed E-state index contributed by atoms with van der Waals surface area (Å²) in [6.07, 6.45) is 2.24. The average molecular weight is 207 g/mol. The summed E-state index contributed by atoms with van der Waals surface area (Å²) in [6.45, 7) is 12.9. The zero-order chi connectivity index (χ0) is 11.9. The van der Waals surface area contributed by atoms with Crippen molar-refractivity contribution in [2.75, 3.05) is 0 Å². The van der Waals surface area contributed by atoms with Crippen molar-refractivity contribution in [1.82, 2.24) is 0 Å². The average Bonchev–Trinajstić information content (AvgIpc) is 2.00. The summed E-state index contributed by atoms with van der Waals surface area (Å²) in [7, 11) is 0. The molecule has 0 atom stereocenters. The Morgan fingerprint density at radius 3 is 2.00 bits per heavy atom. The highest BCUT2D eigenvalue weighted by Crippen LogP contribution is 2.39. The fourth-order valence-electron chi connectivity index (χ4n) is 1.82. The quantitative estimate of drug-likeness (QED) is 0.598. The molecule has 0 radical (unpaired) electrons. The largest absolute Gasteiger partial charge is 0.272 e. The van der Waals surface area contributed by atoms with E-state index in [2.05, 4.69) is 46.5 Å². The first-order valence-electron chi connectivity index (χ1n) is 5.43. The maximum absolute atomic E-state index is 11.4. The third-order valence-corrected chi connectivity index (χ3v) is 2.70. The predicted octanol–water partition coefficient (Wildman–Crippen LogP) is 3.38. The Kier molecular flexibility index (Phi) is 2.90. The zero-order valence-electron chi connectivity index (χ0n) is 10.6. The Hall–Kier alpha value is -0.920. The van der Waals surface area contributed by atoms with Gasteiger partial charge in [-0.15, -0.1) is 0 Å². The zero-order valence-corrected chi connectivity index (χ0v) is 10.6. The number of hydrogen-bond donors (Lipinski definition) is 0. The molecule has 1 amide bonds. The van der Waals surface area contributed by atoms with Gasteiger partial charge in [-0.05, 0) is 16.4 Å². The maximum Gasteiger partial charge on any atom is 0.249 e. The molecule has 15 heavy (non-hydrogen) atoms. The lowest BCUT2D eigenvalue weighted by atomic mass is 9.73. The Morgan fingerprint density at radius 1 is 1.07 bits per heavy atom. The Morgan fingerprint density at radius 2 is 1.60 bits per heavy atom. The minimum absolute atomic E-state index is 0.0204. The first-order chi connectivity index (χ1) is 6.62. The number of aliphatic imine (C=N–C) groups is 1. The Labute approximate surface area is 92.5 Å². The maximum atomic E-state index is 11.4. The molecule has 84 valence electrons. The number of dihydropyridines is 1. The van der Waals surface area contributed by atoms with Crippen LogP contribution < -0.4 is 0 Å². The molecule has 0 unspecified atom stereocenters. The molecule has 0 aliphatic carbocycles. The molecule has 0 N–H and O–H groups in total. The number of hydrogen-bond acceptors (Lipinski definition) is 1. The summed E-state index contributed by atoms with van der Waals surface area (Å²) in [6, 6.07) is 0. The molecule has 0 spiro atoms. The highest BCUT2D eigenvalue weighted by molar-refractivity contribution is 5.98. The second kappa shape index (κ2) is 3.58. The van der Waals surface area contributed by atoms with Gasteiger partial charge in [0.05, 0.1) is 6.42 Å². The predicted molar refractivity (Wildman–Crippen MR) is 64.1 cm³/mol. The van der Waals surface area contributed by atoms with E-state index >= 15 is 0 Å². The van der Waals surface area contributed by atoms with Gasteiger partial charge in [0.1, 0.15) is 0 Å². The van der Waals surface area contributed by atoms with Crippen LogP contribution in [0.5, 0.6) is 0 Å². The van der Waals surface area contributed by atoms with Crippen LogP contribution in [0, 0.1) is 10.8 Å². The number of amides is 1. The van der Waals surface area contributed by atoms with Gasteiger partial charge in [0.2, 0.25) is 5.91 Å². The summed E-state index contributed by atoms with van der Waals surface area (Å²) in [5.74, 6) is -0.0204. The van der Waals surface area contributed by atoms with E-state index in [-0.39, 0.29) is 16.7 Å². The molecule has 1 aliphatic heterocycles. The molecular formula is C13H21NO. The summed E-state index contributed by atoms with van der Waals surface area (Å²) in [5.41, 5.74) is 2.56. The molecule has 1 aliphatic rings. The van der Waals surface area contributed by atoms with Gasteiger partial charge in [-0.25, -0.2) is 4.99 Å². The van der Waals surface area contributed by atoms with Gasteiger partial charge in [0.15, 0.2) is 0 Å². The summed E-state index contributed by atoms with van der Waals surface area (Å²) in [4.78, 5) is 15.3. The van der Waals surface area contributed by atoms with Crippen LogP contribution in [0.4, 0.5) is 0 Å². The van der Waals surface area contributed by atoms with E-state index in [1.807, 2.05) is 0 Å². The van der Waals surface area contributed by atoms with E-state index in [1.54, 1.807) is 6.21 Å². The van der Waals surface area contributed by atoms with Crippen molar-refractivity contribution in [3.63, 3.8) is 0 Å². The van der Waals surface area contributed by atoms with Gasteiger partial charge >= 0.3 is 0 Å². The van der Waals surface area contributed by atoms with Crippen LogP contribution in [0.3, 0.4) is 0 Å². The fourth-order valence-corrected chi connectivity index (χ4v) is 1.82. The van der Waals surface area contributed by atoms with Crippen LogP contribution in [-0.4, -0.2) is 12.1 Å². The van der Waals surface area contributed by atoms with E-state index in [0.29, 0.717) is 6.42 Å². The summed E-state index contributed by atoms with van der Waals surface area (Å²) in [5, 5.41) is 0. The summed E-state index contributed by atoms with van der Waals surface area (Å²) >= 11 is 0. The highest BCUT2D eigenvalue weighted by atomic mass is 16.1. The second-order valence-electron chi connectivity index (χ2n) is 6.22. The van der Waals surface area contributed by atoms with Gasteiger partial charge in [0.25, 0.3) is 0 Å². The van der Waals surface area contributed by atoms with Crippen molar-refractivity contribution in [2.45, 2.75) is 48.0 Å². The monoisotopic (exact) mass is 207 g/mol. The third kappa shape index (κ3) is 2.77. The van der Waals surface area contributed by atoms with Crippen molar-refractivity contribution >= 4 is 12.1 Å². The van der Waals surface area contributed by atoms with Gasteiger partial charge in [-0.2, -0.15) is 0 Å². The lowest BCUT2D eigenvalue weighted by Gasteiger charge is -2.32. The first kappa shape index (κ1) is 12.2. The molecule has 0 aromatic rings. The standard InChI is InChI=1S/C13H21NO/c1-12(2,3)9-7-11(15)14-8-10(9)13(4,5)6/h8H,7H2,1-6H3. The Bertz CT molecular complexity index is 335. The molecule has 0 aromatic heterocycles. The number of nitrogens with zero attached hydrogens (tertiary/aromatic N) is 1. The van der Waals surface area contributed by atoms with Gasteiger partial charge in [0, 0.05) is 6.21 Å². The van der Waals surface area contributed by atoms with Gasteiger partial charge < -0.3 is 0 Å². The topological polar surface area (TPSA) is 29.4 Å². The van der Waals surface area contributed by atoms with E-state index in [0.717, 1.165) is 0 Å². The molecule has 1 rings (SSSR count). The number of carbonyl (C=O) groups excluding carboxylic acids is 1. The van der Waals surface area contributed by atoms with E-state index in [4.69, 9.17) is 0 Å². The van der Waals surface area contributed by atoms with Crippen molar-refractivity contribution < 1.29 is 4.79 Å². The number of rotatable bonds is 0. The van der Waals surface area contributed by atoms with Crippen molar-refractivity contribution in [3.8, 4) is 0 Å². The number of allylic oxidation sites excluding steroid dienone is 1. The van der Waals surface area contributed by atoms with E-state index in [1.165, 1.54) is 11.1 Å². The van der Waals surface area contributed by atoms with Gasteiger partial charge in [-0.1, -0.05) is 47.1 Å². The van der Waals surface area contributed by atoms with Crippen molar-refractivity contribution in [1.29, 1.82) is 0 Å². The lowest BCUT2D eigenvalue weighted by molar-refractivity contribution is -0.117. The van der Waals surface area contributed by atoms with Crippen molar-refractivity contribution in [2.24, 2.45) is 15.8 Å². The number of carbonyl (C=O) groups is 1. The minimum atomic E-state index is -0.0204. The Balaban J connectivity index is 3.27. The van der Waals surface area contributed by atoms with Gasteiger partial charge in [-0.3, -0.25) is 4.79 Å². The van der Waals surface area contributed by atoms with E-state index < -0.39 is 0 Å². The molecule has 1 heterocycles. The second-order valence-corrected chi connectivity index (χ2v) is 6.22. The smallest absolute Gasteiger partial charge is 0.249 e. The fraction of sp³-hybridized carbons (Fsp3) is 0.692. The SMILES string of the molecule is CC(C)(C)C1=C(C(C)(C)C)CC(=O)N=C1. The highest BCUT2D eigenvalue weighted by Gasteiger charge is 2.30. The van der Waals surface area contributed by atoms with Crippen LogP contribution in [0.1, 0.15) is 48.0 Å². The molecule has 0 fully saturated rings. The van der Waals surface area contributed by atoms with Crippen LogP contribution >= 0.6 is 0 Å².